The van der Waals surface area contributed by atoms with Gasteiger partial charge in [-0.05, 0) is 31.0 Å². The summed E-state index contributed by atoms with van der Waals surface area (Å²) in [6.07, 6.45) is -0.745. The van der Waals surface area contributed by atoms with Crippen molar-refractivity contribution in [2.75, 3.05) is 6.61 Å². The molecule has 0 heterocycles. The maximum absolute atomic E-state index is 11.5. The van der Waals surface area contributed by atoms with Crippen molar-refractivity contribution < 1.29 is 24.3 Å². The largest absolute Gasteiger partial charge is 0.533 e. The number of carbonyl (C=O) groups is 2. The second-order valence-electron chi connectivity index (χ2n) is 3.73. The van der Waals surface area contributed by atoms with Gasteiger partial charge < -0.3 is 20.4 Å². The fourth-order valence-electron chi connectivity index (χ4n) is 1.29. The Labute approximate surface area is 110 Å². The molecule has 0 fully saturated rings. The average Bonchev–Trinajstić information content (AvgIpc) is 2.39. The maximum Gasteiger partial charge on any atom is 0.533 e. The topological polar surface area (TPSA) is 111 Å². The standard InChI is InChI=1S/C12H16N2O5/c1-2-18-12(17)19-14-11(16)10(13)7-8-3-5-9(15)6-4-8/h3-6,10,15H,2,7,13H2,1H3,(H,14,16). The van der Waals surface area contributed by atoms with Gasteiger partial charge in [0.1, 0.15) is 5.75 Å². The summed E-state index contributed by atoms with van der Waals surface area (Å²) in [5.74, 6) is -0.506. The molecule has 0 bridgehead atoms. The molecule has 0 spiro atoms. The molecule has 104 valence electrons. The van der Waals surface area contributed by atoms with Gasteiger partial charge in [-0.2, -0.15) is 5.48 Å². The minimum absolute atomic E-state index is 0.132. The van der Waals surface area contributed by atoms with E-state index in [0.29, 0.717) is 0 Å². The Kier molecular flexibility index (Phi) is 5.62. The van der Waals surface area contributed by atoms with Crippen molar-refractivity contribution in [3.05, 3.63) is 29.8 Å². The lowest BCUT2D eigenvalue weighted by Crippen LogP contribution is -2.42. The van der Waals surface area contributed by atoms with Gasteiger partial charge in [0.25, 0.3) is 5.91 Å². The van der Waals surface area contributed by atoms with E-state index < -0.39 is 18.1 Å². The summed E-state index contributed by atoms with van der Waals surface area (Å²) < 4.78 is 4.46. The van der Waals surface area contributed by atoms with E-state index in [9.17, 15) is 9.59 Å². The van der Waals surface area contributed by atoms with Crippen LogP contribution in [0.15, 0.2) is 24.3 Å². The number of ether oxygens (including phenoxy) is 1. The van der Waals surface area contributed by atoms with E-state index in [-0.39, 0.29) is 18.8 Å². The fourth-order valence-corrected chi connectivity index (χ4v) is 1.29. The molecule has 1 atom stereocenters. The zero-order valence-electron chi connectivity index (χ0n) is 10.5. The number of benzene rings is 1. The predicted molar refractivity (Wildman–Crippen MR) is 66.0 cm³/mol. The second kappa shape index (κ2) is 7.22. The molecule has 0 radical (unpaired) electrons. The van der Waals surface area contributed by atoms with Crippen LogP contribution in [0.3, 0.4) is 0 Å². The molecule has 1 unspecified atom stereocenters. The molecular formula is C12H16N2O5. The van der Waals surface area contributed by atoms with Crippen molar-refractivity contribution >= 4 is 12.1 Å². The number of nitrogens with one attached hydrogen (secondary N) is 1. The summed E-state index contributed by atoms with van der Waals surface area (Å²) in [7, 11) is 0. The quantitative estimate of drug-likeness (QED) is 0.540. The first kappa shape index (κ1) is 14.8. The van der Waals surface area contributed by atoms with Gasteiger partial charge in [-0.3, -0.25) is 4.79 Å². The Hall–Kier alpha value is -2.28. The van der Waals surface area contributed by atoms with E-state index in [4.69, 9.17) is 10.8 Å². The monoisotopic (exact) mass is 268 g/mol. The minimum atomic E-state index is -0.993. The average molecular weight is 268 g/mol. The number of hydrogen-bond donors (Lipinski definition) is 3. The highest BCUT2D eigenvalue weighted by Crippen LogP contribution is 2.10. The normalized spacial score (nSPS) is 11.5. The third-order valence-corrected chi connectivity index (χ3v) is 2.23. The van der Waals surface area contributed by atoms with Gasteiger partial charge in [0.2, 0.25) is 0 Å². The second-order valence-corrected chi connectivity index (χ2v) is 3.73. The predicted octanol–water partition coefficient (Wildman–Crippen LogP) is 0.466. The summed E-state index contributed by atoms with van der Waals surface area (Å²) in [4.78, 5) is 26.7. The molecule has 0 saturated carbocycles. The third-order valence-electron chi connectivity index (χ3n) is 2.23. The molecule has 1 aromatic rings. The number of amides is 1. The maximum atomic E-state index is 11.5. The molecule has 0 aliphatic heterocycles. The highest BCUT2D eigenvalue weighted by molar-refractivity contribution is 5.81. The van der Waals surface area contributed by atoms with Gasteiger partial charge >= 0.3 is 6.16 Å². The van der Waals surface area contributed by atoms with E-state index in [1.54, 1.807) is 19.1 Å². The van der Waals surface area contributed by atoms with E-state index in [1.165, 1.54) is 12.1 Å². The Morgan fingerprint density at radius 2 is 2.00 bits per heavy atom. The number of aromatic hydroxyl groups is 1. The number of phenolic OH excluding ortho intramolecular Hbond substituents is 1. The van der Waals surface area contributed by atoms with Crippen LogP contribution in [0, 0.1) is 0 Å². The van der Waals surface area contributed by atoms with Crippen LogP contribution in [0.25, 0.3) is 0 Å². The van der Waals surface area contributed by atoms with Crippen molar-refractivity contribution in [2.45, 2.75) is 19.4 Å². The van der Waals surface area contributed by atoms with E-state index in [1.807, 2.05) is 5.48 Å². The van der Waals surface area contributed by atoms with Crippen LogP contribution in [0.2, 0.25) is 0 Å². The molecule has 19 heavy (non-hydrogen) atoms. The van der Waals surface area contributed by atoms with Crippen LogP contribution in [0.5, 0.6) is 5.75 Å². The number of nitrogens with two attached hydrogens (primary N) is 1. The minimum Gasteiger partial charge on any atom is -0.508 e. The van der Waals surface area contributed by atoms with E-state index in [2.05, 4.69) is 9.57 Å². The lowest BCUT2D eigenvalue weighted by atomic mass is 10.1. The number of phenols is 1. The lowest BCUT2D eigenvalue weighted by Gasteiger charge is -2.11. The van der Waals surface area contributed by atoms with Crippen molar-refractivity contribution in [1.82, 2.24) is 5.48 Å². The van der Waals surface area contributed by atoms with Crippen LogP contribution < -0.4 is 11.2 Å². The Morgan fingerprint density at radius 1 is 1.37 bits per heavy atom. The summed E-state index contributed by atoms with van der Waals surface area (Å²) in [5, 5.41) is 9.11. The zero-order valence-corrected chi connectivity index (χ0v) is 10.5. The molecule has 7 nitrogen and oxygen atoms in total. The number of hydroxylamine groups is 1. The van der Waals surface area contributed by atoms with E-state index >= 15 is 0 Å². The first-order valence-electron chi connectivity index (χ1n) is 5.70. The van der Waals surface area contributed by atoms with Crippen LogP contribution in [-0.4, -0.2) is 29.8 Å². The number of carbonyl (C=O) groups excluding carboxylic acids is 2. The zero-order chi connectivity index (χ0) is 14.3. The molecule has 1 amide bonds. The van der Waals surface area contributed by atoms with Gasteiger partial charge in [-0.25, -0.2) is 4.79 Å². The first-order valence-corrected chi connectivity index (χ1v) is 5.70. The van der Waals surface area contributed by atoms with Crippen LogP contribution >= 0.6 is 0 Å². The summed E-state index contributed by atoms with van der Waals surface area (Å²) in [5.41, 5.74) is 8.33. The number of hydrogen-bond acceptors (Lipinski definition) is 6. The van der Waals surface area contributed by atoms with Gasteiger partial charge in [0.05, 0.1) is 12.6 Å². The van der Waals surface area contributed by atoms with Crippen molar-refractivity contribution in [3.8, 4) is 5.75 Å². The first-order chi connectivity index (χ1) is 9.02. The summed E-state index contributed by atoms with van der Waals surface area (Å²) in [6, 6.07) is 5.41. The SMILES string of the molecule is CCOC(=O)ONC(=O)C(N)Cc1ccc(O)cc1. The third kappa shape index (κ3) is 5.26. The molecule has 0 saturated heterocycles. The molecule has 0 aliphatic carbocycles. The Balaban J connectivity index is 2.40. The van der Waals surface area contributed by atoms with Gasteiger partial charge in [-0.1, -0.05) is 12.1 Å². The fraction of sp³-hybridized carbons (Fsp3) is 0.333. The molecule has 4 N–H and O–H groups in total. The van der Waals surface area contributed by atoms with Crippen molar-refractivity contribution in [2.24, 2.45) is 5.73 Å². The summed E-state index contributed by atoms with van der Waals surface area (Å²) >= 11 is 0. The van der Waals surface area contributed by atoms with Crippen molar-refractivity contribution in [1.29, 1.82) is 0 Å². The highest BCUT2D eigenvalue weighted by Gasteiger charge is 2.16. The lowest BCUT2D eigenvalue weighted by molar-refractivity contribution is -0.132. The molecule has 1 aromatic carbocycles. The van der Waals surface area contributed by atoms with Crippen LogP contribution in [0.1, 0.15) is 12.5 Å². The molecule has 1 rings (SSSR count). The number of rotatable bonds is 4. The molecule has 0 aliphatic rings. The molecule has 0 aromatic heterocycles. The van der Waals surface area contributed by atoms with Gasteiger partial charge in [-0.15, -0.1) is 0 Å². The Bertz CT molecular complexity index is 432. The molecular weight excluding hydrogens is 252 g/mol. The summed E-state index contributed by atoms with van der Waals surface area (Å²) in [6.45, 7) is 1.76. The molecule has 7 heteroatoms. The Morgan fingerprint density at radius 3 is 2.58 bits per heavy atom. The van der Waals surface area contributed by atoms with E-state index in [0.717, 1.165) is 5.56 Å². The van der Waals surface area contributed by atoms with Gasteiger partial charge in [0.15, 0.2) is 0 Å². The van der Waals surface area contributed by atoms with Crippen LogP contribution in [-0.2, 0) is 20.8 Å². The van der Waals surface area contributed by atoms with Gasteiger partial charge in [0, 0.05) is 0 Å². The van der Waals surface area contributed by atoms with Crippen LogP contribution in [0.4, 0.5) is 4.79 Å². The highest BCUT2D eigenvalue weighted by atomic mass is 16.8. The smallest absolute Gasteiger partial charge is 0.508 e. The van der Waals surface area contributed by atoms with Crippen molar-refractivity contribution in [3.63, 3.8) is 0 Å².